The van der Waals surface area contributed by atoms with Gasteiger partial charge in [-0.3, -0.25) is 0 Å². The Bertz CT molecular complexity index is 850. The summed E-state index contributed by atoms with van der Waals surface area (Å²) in [6, 6.07) is 7.83. The van der Waals surface area contributed by atoms with Crippen molar-refractivity contribution >= 4 is 34.7 Å². The maximum atomic E-state index is 5.74. The van der Waals surface area contributed by atoms with Gasteiger partial charge < -0.3 is 10.6 Å². The fraction of sp³-hybridized carbons (Fsp3) is 0.267. The molecule has 0 amide bonds. The smallest absolute Gasteiger partial charge is 0.229 e. The van der Waals surface area contributed by atoms with Crippen LogP contribution in [0.25, 0.3) is 11.0 Å². The Morgan fingerprint density at radius 1 is 1.00 bits per heavy atom. The second-order valence-corrected chi connectivity index (χ2v) is 6.16. The lowest BCUT2D eigenvalue weighted by Crippen LogP contribution is -2.16. The molecular formula is C15H17N7S. The van der Waals surface area contributed by atoms with E-state index in [9.17, 15) is 0 Å². The van der Waals surface area contributed by atoms with Crippen LogP contribution in [-0.4, -0.2) is 39.0 Å². The number of benzene rings is 1. The van der Waals surface area contributed by atoms with Gasteiger partial charge in [0.2, 0.25) is 11.9 Å². The third kappa shape index (κ3) is 3.48. The number of rotatable bonds is 4. The van der Waals surface area contributed by atoms with Gasteiger partial charge >= 0.3 is 0 Å². The summed E-state index contributed by atoms with van der Waals surface area (Å²) in [5.41, 5.74) is 8.41. The first-order valence-corrected chi connectivity index (χ1v) is 8.05. The van der Waals surface area contributed by atoms with Crippen molar-refractivity contribution in [3.8, 4) is 0 Å². The number of aryl methyl sites for hydroxylation is 1. The molecule has 0 fully saturated rings. The molecule has 118 valence electrons. The van der Waals surface area contributed by atoms with Crippen LogP contribution in [0.3, 0.4) is 0 Å². The zero-order valence-corrected chi connectivity index (χ0v) is 14.0. The Morgan fingerprint density at radius 2 is 1.70 bits per heavy atom. The predicted molar refractivity (Wildman–Crippen MR) is 92.4 cm³/mol. The maximum Gasteiger partial charge on any atom is 0.229 e. The molecule has 0 spiro atoms. The average Bonchev–Trinajstić information content (AvgIpc) is 2.52. The molecule has 1 aromatic carbocycles. The highest BCUT2D eigenvalue weighted by Crippen LogP contribution is 2.24. The molecule has 0 radical (unpaired) electrons. The van der Waals surface area contributed by atoms with Crippen molar-refractivity contribution in [1.29, 1.82) is 0 Å². The van der Waals surface area contributed by atoms with Crippen LogP contribution in [0.5, 0.6) is 0 Å². The van der Waals surface area contributed by atoms with Crippen molar-refractivity contribution in [2.75, 3.05) is 24.7 Å². The van der Waals surface area contributed by atoms with Gasteiger partial charge in [-0.2, -0.15) is 15.0 Å². The number of anilines is 2. The molecule has 0 saturated carbocycles. The van der Waals surface area contributed by atoms with Crippen LogP contribution < -0.4 is 10.6 Å². The van der Waals surface area contributed by atoms with Crippen molar-refractivity contribution in [3.63, 3.8) is 0 Å². The summed E-state index contributed by atoms with van der Waals surface area (Å²) < 4.78 is 0. The number of nitrogens with zero attached hydrogens (tertiary/aromatic N) is 6. The van der Waals surface area contributed by atoms with Crippen LogP contribution in [0.2, 0.25) is 0 Å². The fourth-order valence-corrected chi connectivity index (χ4v) is 2.84. The van der Waals surface area contributed by atoms with Crippen molar-refractivity contribution in [3.05, 3.63) is 35.8 Å². The quantitative estimate of drug-likeness (QED) is 0.728. The van der Waals surface area contributed by atoms with Crippen LogP contribution in [-0.2, 0) is 5.75 Å². The number of fused-ring (bicyclic) bond motifs is 1. The van der Waals surface area contributed by atoms with E-state index in [1.54, 1.807) is 16.7 Å². The summed E-state index contributed by atoms with van der Waals surface area (Å²) in [6.07, 6.45) is 0. The summed E-state index contributed by atoms with van der Waals surface area (Å²) in [6.45, 7) is 1.95. The molecule has 0 unspecified atom stereocenters. The fourth-order valence-electron chi connectivity index (χ4n) is 2.03. The minimum absolute atomic E-state index is 0.223. The van der Waals surface area contributed by atoms with Crippen molar-refractivity contribution in [1.82, 2.24) is 24.9 Å². The Labute approximate surface area is 138 Å². The molecule has 2 aromatic heterocycles. The van der Waals surface area contributed by atoms with Crippen molar-refractivity contribution in [2.24, 2.45) is 0 Å². The molecule has 8 heteroatoms. The van der Waals surface area contributed by atoms with Crippen LogP contribution >= 0.6 is 11.8 Å². The molecule has 0 bridgehead atoms. The normalized spacial score (nSPS) is 10.9. The Kier molecular flexibility index (Phi) is 4.24. The Morgan fingerprint density at radius 3 is 2.39 bits per heavy atom. The van der Waals surface area contributed by atoms with E-state index in [1.165, 1.54) is 0 Å². The first kappa shape index (κ1) is 15.4. The third-order valence-electron chi connectivity index (χ3n) is 3.13. The van der Waals surface area contributed by atoms with Gasteiger partial charge in [-0.1, -0.05) is 23.9 Å². The lowest BCUT2D eigenvalue weighted by Gasteiger charge is -2.11. The monoisotopic (exact) mass is 327 g/mol. The third-order valence-corrected chi connectivity index (χ3v) is 4.19. The molecule has 3 rings (SSSR count). The number of nitrogens with two attached hydrogens (primary N) is 1. The molecule has 0 aliphatic heterocycles. The van der Waals surface area contributed by atoms with Gasteiger partial charge in [0.1, 0.15) is 10.9 Å². The predicted octanol–water partition coefficient (Wildman–Crippen LogP) is 2.06. The summed E-state index contributed by atoms with van der Waals surface area (Å²) >= 11 is 1.54. The first-order chi connectivity index (χ1) is 11.0. The molecular weight excluding hydrogens is 310 g/mol. The lowest BCUT2D eigenvalue weighted by atomic mass is 10.3. The molecule has 0 aliphatic rings. The van der Waals surface area contributed by atoms with Gasteiger partial charge in [-0.25, -0.2) is 9.97 Å². The molecule has 2 N–H and O–H groups in total. The van der Waals surface area contributed by atoms with Gasteiger partial charge in [0, 0.05) is 14.1 Å². The summed E-state index contributed by atoms with van der Waals surface area (Å²) in [4.78, 5) is 23.7. The van der Waals surface area contributed by atoms with Crippen LogP contribution in [0.1, 0.15) is 11.5 Å². The van der Waals surface area contributed by atoms with Gasteiger partial charge in [0.05, 0.1) is 22.5 Å². The van der Waals surface area contributed by atoms with Gasteiger partial charge in [0.25, 0.3) is 0 Å². The SMILES string of the molecule is Cc1nc2ccccc2nc1SCc1nc(N)nc(N(C)C)n1. The van der Waals surface area contributed by atoms with E-state index in [1.807, 2.05) is 45.3 Å². The molecule has 0 atom stereocenters. The van der Waals surface area contributed by atoms with Crippen LogP contribution in [0.4, 0.5) is 11.9 Å². The number of aromatic nitrogens is 5. The van der Waals surface area contributed by atoms with Crippen molar-refractivity contribution in [2.45, 2.75) is 17.7 Å². The van der Waals surface area contributed by atoms with Crippen LogP contribution in [0, 0.1) is 6.92 Å². The number of thioether (sulfide) groups is 1. The Balaban J connectivity index is 1.84. The highest BCUT2D eigenvalue weighted by Gasteiger charge is 2.10. The van der Waals surface area contributed by atoms with Crippen LogP contribution in [0.15, 0.2) is 29.3 Å². The standard InChI is InChI=1S/C15H17N7S/c1-9-13(18-11-7-5-4-6-10(11)17-9)23-8-12-19-14(16)21-15(20-12)22(2)3/h4-7H,8H2,1-3H3,(H2,16,19,20,21). The first-order valence-electron chi connectivity index (χ1n) is 7.07. The molecule has 0 saturated heterocycles. The molecule has 23 heavy (non-hydrogen) atoms. The molecule has 2 heterocycles. The van der Waals surface area contributed by atoms with E-state index in [0.29, 0.717) is 17.5 Å². The maximum absolute atomic E-state index is 5.74. The van der Waals surface area contributed by atoms with E-state index in [0.717, 1.165) is 21.8 Å². The Hall–Kier alpha value is -2.48. The van der Waals surface area contributed by atoms with E-state index in [4.69, 9.17) is 5.73 Å². The topological polar surface area (TPSA) is 93.7 Å². The van der Waals surface area contributed by atoms with E-state index in [2.05, 4.69) is 24.9 Å². The number of para-hydroxylation sites is 2. The molecule has 7 nitrogen and oxygen atoms in total. The van der Waals surface area contributed by atoms with Gasteiger partial charge in [0.15, 0.2) is 0 Å². The zero-order valence-electron chi connectivity index (χ0n) is 13.2. The van der Waals surface area contributed by atoms with Gasteiger partial charge in [-0.05, 0) is 19.1 Å². The number of nitrogen functional groups attached to an aromatic ring is 1. The minimum atomic E-state index is 0.223. The number of hydrogen-bond donors (Lipinski definition) is 1. The van der Waals surface area contributed by atoms with E-state index >= 15 is 0 Å². The summed E-state index contributed by atoms with van der Waals surface area (Å²) in [5, 5.41) is 0.870. The largest absolute Gasteiger partial charge is 0.368 e. The summed E-state index contributed by atoms with van der Waals surface area (Å²) in [7, 11) is 3.73. The minimum Gasteiger partial charge on any atom is -0.368 e. The van der Waals surface area contributed by atoms with E-state index in [-0.39, 0.29) is 5.95 Å². The molecule has 0 aliphatic carbocycles. The highest BCUT2D eigenvalue weighted by molar-refractivity contribution is 7.98. The number of hydrogen-bond acceptors (Lipinski definition) is 8. The highest BCUT2D eigenvalue weighted by atomic mass is 32.2. The lowest BCUT2D eigenvalue weighted by molar-refractivity contribution is 0.917. The second kappa shape index (κ2) is 6.33. The zero-order chi connectivity index (χ0) is 16.4. The van der Waals surface area contributed by atoms with E-state index < -0.39 is 0 Å². The van der Waals surface area contributed by atoms with Gasteiger partial charge in [-0.15, -0.1) is 0 Å². The second-order valence-electron chi connectivity index (χ2n) is 5.20. The van der Waals surface area contributed by atoms with Crippen molar-refractivity contribution < 1.29 is 0 Å². The average molecular weight is 327 g/mol. The molecule has 3 aromatic rings. The summed E-state index contributed by atoms with van der Waals surface area (Å²) in [5.74, 6) is 1.96.